The minimum atomic E-state index is -1.68. The fourth-order valence-electron chi connectivity index (χ4n) is 2.28. The van der Waals surface area contributed by atoms with Gasteiger partial charge in [0.1, 0.15) is 18.5 Å². The van der Waals surface area contributed by atoms with Crippen LogP contribution in [0.1, 0.15) is 40.5 Å². The maximum absolute atomic E-state index is 9.94. The normalized spacial score (nSPS) is 16.5. The highest BCUT2D eigenvalue weighted by Crippen LogP contribution is 2.21. The Hall–Kier alpha value is -0.299. The van der Waals surface area contributed by atoms with Gasteiger partial charge in [-0.25, -0.2) is 4.79 Å². The molecule has 0 bridgehead atoms. The summed E-state index contributed by atoms with van der Waals surface area (Å²) in [6.45, 7) is 22.0. The zero-order chi connectivity index (χ0) is 22.0. The maximum Gasteiger partial charge on any atom is 0.341 e. The molecule has 2 atom stereocenters. The van der Waals surface area contributed by atoms with Gasteiger partial charge in [-0.1, -0.05) is 20.3 Å². The predicted octanol–water partition coefficient (Wildman–Crippen LogP) is 4.92. The van der Waals surface area contributed by atoms with E-state index in [0.29, 0.717) is 12.2 Å². The van der Waals surface area contributed by atoms with Crippen molar-refractivity contribution < 1.29 is 27.5 Å². The minimum Gasteiger partial charge on any atom is -0.430 e. The van der Waals surface area contributed by atoms with Crippen molar-refractivity contribution in [2.75, 3.05) is 6.61 Å². The molecule has 0 spiro atoms. The summed E-state index contributed by atoms with van der Waals surface area (Å²) in [6.07, 6.45) is 3.28. The molecule has 0 N–H and O–H groups in total. The van der Waals surface area contributed by atoms with E-state index in [9.17, 15) is 4.79 Å². The van der Waals surface area contributed by atoms with Gasteiger partial charge in [-0.3, -0.25) is 0 Å². The molecule has 166 valence electrons. The lowest BCUT2D eigenvalue weighted by Crippen LogP contribution is -2.50. The molecule has 0 radical (unpaired) electrons. The zero-order valence-electron chi connectivity index (χ0n) is 19.6. The Bertz CT molecular complexity index is 469. The molecular weight excluding hydrogens is 408 g/mol. The first-order valence-corrected chi connectivity index (χ1v) is 19.1. The number of hydrogen-bond acceptors (Lipinski definition) is 6. The van der Waals surface area contributed by atoms with Gasteiger partial charge in [0.25, 0.3) is 0 Å². The Labute approximate surface area is 175 Å². The number of cyclic esters (lactones) is 1. The molecule has 1 aliphatic rings. The summed E-state index contributed by atoms with van der Waals surface area (Å²) in [7, 11) is -5.02. The van der Waals surface area contributed by atoms with Crippen LogP contribution in [0, 0.1) is 0 Å². The number of ether oxygens (including phenoxy) is 2. The van der Waals surface area contributed by atoms with E-state index in [1.165, 1.54) is 6.26 Å². The van der Waals surface area contributed by atoms with Crippen molar-refractivity contribution in [2.45, 2.75) is 98.1 Å². The monoisotopic (exact) mass is 450 g/mol. The van der Waals surface area contributed by atoms with E-state index in [0.717, 1.165) is 18.9 Å². The second-order valence-corrected chi connectivity index (χ2v) is 20.2. The molecule has 1 aliphatic heterocycles. The summed E-state index contributed by atoms with van der Waals surface area (Å²) in [5.74, 6) is -0.345. The summed E-state index contributed by atoms with van der Waals surface area (Å²) in [5, 5.41) is 0. The van der Waals surface area contributed by atoms with Gasteiger partial charge < -0.3 is 22.8 Å². The predicted molar refractivity (Wildman–Crippen MR) is 122 cm³/mol. The smallest absolute Gasteiger partial charge is 0.341 e. The van der Waals surface area contributed by atoms with E-state index in [1.807, 2.05) is 6.92 Å². The Kier molecular flexibility index (Phi) is 13.0. The first kappa shape index (κ1) is 27.7. The SMILES string of the molecule is CC1=COC1=O.CCC[SiH](OC(CC)OCC)C(O[Si](C)(C)C)O[Si](C)(C)C. The van der Waals surface area contributed by atoms with Crippen LogP contribution in [-0.2, 0) is 27.5 Å². The second-order valence-electron chi connectivity index (χ2n) is 8.79. The fraction of sp³-hybridized carbons (Fsp3) is 0.842. The van der Waals surface area contributed by atoms with Gasteiger partial charge in [-0.2, -0.15) is 0 Å². The maximum atomic E-state index is 9.94. The molecular formula is C19H42O6Si3. The molecule has 0 aromatic carbocycles. The Morgan fingerprint density at radius 2 is 1.54 bits per heavy atom. The third-order valence-electron chi connectivity index (χ3n) is 3.49. The number of carbonyl (C=O) groups excluding carboxylic acids is 1. The summed E-state index contributed by atoms with van der Waals surface area (Å²) in [5.41, 5.74) is 0.704. The molecule has 0 fully saturated rings. The first-order valence-electron chi connectivity index (χ1n) is 10.3. The second kappa shape index (κ2) is 13.1. The van der Waals surface area contributed by atoms with Crippen molar-refractivity contribution >= 4 is 31.6 Å². The van der Waals surface area contributed by atoms with Gasteiger partial charge in [-0.05, 0) is 65.6 Å². The van der Waals surface area contributed by atoms with E-state index in [4.69, 9.17) is 18.0 Å². The van der Waals surface area contributed by atoms with E-state index >= 15 is 0 Å². The average Bonchev–Trinajstić information content (AvgIpc) is 2.56. The summed E-state index contributed by atoms with van der Waals surface area (Å²) in [4.78, 5) is 9.94. The van der Waals surface area contributed by atoms with Crippen molar-refractivity contribution in [3.8, 4) is 0 Å². The van der Waals surface area contributed by atoms with Crippen molar-refractivity contribution in [3.05, 3.63) is 11.8 Å². The van der Waals surface area contributed by atoms with Crippen LogP contribution in [0.3, 0.4) is 0 Å². The number of hydrogen-bond donors (Lipinski definition) is 0. The Balaban J connectivity index is 0.00000102. The molecule has 0 saturated carbocycles. The van der Waals surface area contributed by atoms with Gasteiger partial charge in [0.2, 0.25) is 9.04 Å². The van der Waals surface area contributed by atoms with E-state index in [2.05, 4.69) is 57.9 Å². The largest absolute Gasteiger partial charge is 0.430 e. The van der Waals surface area contributed by atoms with Gasteiger partial charge in [0.15, 0.2) is 16.6 Å². The third-order valence-corrected chi connectivity index (χ3v) is 8.60. The molecule has 2 unspecified atom stereocenters. The first-order chi connectivity index (χ1) is 12.8. The number of esters is 1. The summed E-state index contributed by atoms with van der Waals surface area (Å²) >= 11 is 0. The van der Waals surface area contributed by atoms with Gasteiger partial charge in [-0.15, -0.1) is 0 Å². The van der Waals surface area contributed by atoms with E-state index in [1.54, 1.807) is 6.92 Å². The standard InChI is InChI=1S/C15H38O4Si3.C4H4O2/c1-10-13-20(17-14(11-2)16-12-3)15(18-21(4,5)6)19-22(7,8)9;1-3-2-6-4(3)5/h14-15,20H,10-13H2,1-9H3;2H,1H3. The lowest BCUT2D eigenvalue weighted by atomic mass is 10.3. The Morgan fingerprint density at radius 3 is 1.79 bits per heavy atom. The Morgan fingerprint density at radius 1 is 1.04 bits per heavy atom. The lowest BCUT2D eigenvalue weighted by Gasteiger charge is -2.36. The highest BCUT2D eigenvalue weighted by atomic mass is 28.4. The molecule has 0 amide bonds. The van der Waals surface area contributed by atoms with Gasteiger partial charge >= 0.3 is 5.97 Å². The van der Waals surface area contributed by atoms with Gasteiger partial charge in [0.05, 0.1) is 5.57 Å². The molecule has 0 aromatic heterocycles. The van der Waals surface area contributed by atoms with Crippen LogP contribution in [0.4, 0.5) is 0 Å². The van der Waals surface area contributed by atoms with Crippen LogP contribution < -0.4 is 0 Å². The average molecular weight is 451 g/mol. The molecule has 0 aromatic rings. The van der Waals surface area contributed by atoms with Crippen molar-refractivity contribution in [1.82, 2.24) is 0 Å². The lowest BCUT2D eigenvalue weighted by molar-refractivity contribution is -0.138. The highest BCUT2D eigenvalue weighted by Gasteiger charge is 2.35. The van der Waals surface area contributed by atoms with Crippen LogP contribution in [0.2, 0.25) is 45.3 Å². The van der Waals surface area contributed by atoms with Crippen LogP contribution >= 0.6 is 0 Å². The molecule has 9 heteroatoms. The quantitative estimate of drug-likeness (QED) is 0.239. The molecule has 0 saturated heterocycles. The van der Waals surface area contributed by atoms with Crippen molar-refractivity contribution in [1.29, 1.82) is 0 Å². The van der Waals surface area contributed by atoms with Gasteiger partial charge in [0, 0.05) is 6.61 Å². The molecule has 6 nitrogen and oxygen atoms in total. The molecule has 1 rings (SSSR count). The zero-order valence-corrected chi connectivity index (χ0v) is 22.7. The number of rotatable bonds is 12. The van der Waals surface area contributed by atoms with Crippen LogP contribution in [0.25, 0.3) is 0 Å². The molecule has 28 heavy (non-hydrogen) atoms. The summed E-state index contributed by atoms with van der Waals surface area (Å²) in [6, 6.07) is 1.06. The molecule has 1 heterocycles. The highest BCUT2D eigenvalue weighted by molar-refractivity contribution is 6.72. The molecule has 0 aliphatic carbocycles. The fourth-order valence-corrected chi connectivity index (χ4v) is 9.30. The minimum absolute atomic E-state index is 0.119. The van der Waals surface area contributed by atoms with Crippen LogP contribution in [-0.4, -0.2) is 50.5 Å². The topological polar surface area (TPSA) is 63.2 Å². The third kappa shape index (κ3) is 13.0. The van der Waals surface area contributed by atoms with Crippen LogP contribution in [0.15, 0.2) is 11.8 Å². The number of carbonyl (C=O) groups is 1. The van der Waals surface area contributed by atoms with E-state index < -0.39 is 25.7 Å². The summed E-state index contributed by atoms with van der Waals surface area (Å²) < 4.78 is 29.1. The van der Waals surface area contributed by atoms with E-state index in [-0.39, 0.29) is 18.2 Å². The van der Waals surface area contributed by atoms with Crippen molar-refractivity contribution in [2.24, 2.45) is 0 Å². The van der Waals surface area contributed by atoms with Crippen molar-refractivity contribution in [3.63, 3.8) is 0 Å². The van der Waals surface area contributed by atoms with Crippen LogP contribution in [0.5, 0.6) is 0 Å².